The summed E-state index contributed by atoms with van der Waals surface area (Å²) in [6.45, 7) is 8.20. The summed E-state index contributed by atoms with van der Waals surface area (Å²) in [7, 11) is 0. The van der Waals surface area contributed by atoms with Crippen LogP contribution in [0.4, 0.5) is 0 Å². The number of halogens is 1. The zero-order valence-electron chi connectivity index (χ0n) is 14.9. The van der Waals surface area contributed by atoms with Crippen LogP contribution in [-0.4, -0.2) is 30.0 Å². The first-order valence-electron chi connectivity index (χ1n) is 8.24. The first-order valence-corrected chi connectivity index (χ1v) is 9.03. The van der Waals surface area contributed by atoms with Crippen molar-refractivity contribution in [1.82, 2.24) is 4.98 Å². The number of hydrogen-bond donors (Lipinski definition) is 1. The minimum absolute atomic E-state index is 0.149. The van der Waals surface area contributed by atoms with Gasteiger partial charge in [-0.1, -0.05) is 6.92 Å². The van der Waals surface area contributed by atoms with E-state index in [0.717, 1.165) is 10.9 Å². The molecule has 1 aromatic carbocycles. The Kier molecular flexibility index (Phi) is 6.42. The van der Waals surface area contributed by atoms with Crippen LogP contribution in [0.3, 0.4) is 0 Å². The highest BCUT2D eigenvalue weighted by Gasteiger charge is 2.24. The van der Waals surface area contributed by atoms with Gasteiger partial charge in [0.05, 0.1) is 17.7 Å². The largest absolute Gasteiger partial charge is 0.492 e. The normalized spacial score (nSPS) is 10.6. The summed E-state index contributed by atoms with van der Waals surface area (Å²) in [4.78, 5) is 27.9. The molecule has 0 atom stereocenters. The molecule has 0 spiro atoms. The molecule has 1 aromatic heterocycles. The summed E-state index contributed by atoms with van der Waals surface area (Å²) >= 11 is 3.45. The molecule has 2 aromatic rings. The maximum absolute atomic E-state index is 12.9. The van der Waals surface area contributed by atoms with Crippen molar-refractivity contribution in [2.45, 2.75) is 34.1 Å². The molecule has 134 valence electrons. The molecule has 0 radical (unpaired) electrons. The maximum atomic E-state index is 12.9. The zero-order valence-corrected chi connectivity index (χ0v) is 16.5. The fourth-order valence-corrected chi connectivity index (χ4v) is 3.11. The lowest BCUT2D eigenvalue weighted by molar-refractivity contribution is 0.0519. The highest BCUT2D eigenvalue weighted by atomic mass is 79.9. The minimum atomic E-state index is -0.452. The van der Waals surface area contributed by atoms with Crippen LogP contribution < -0.4 is 4.74 Å². The highest BCUT2D eigenvalue weighted by Crippen LogP contribution is 2.29. The number of rotatable bonds is 7. The fraction of sp³-hybridized carbons (Fsp3) is 0.368. The van der Waals surface area contributed by atoms with Gasteiger partial charge in [-0.3, -0.25) is 4.79 Å². The van der Waals surface area contributed by atoms with Crippen LogP contribution in [0.1, 0.15) is 57.9 Å². The van der Waals surface area contributed by atoms with Gasteiger partial charge >= 0.3 is 5.97 Å². The first-order chi connectivity index (χ1) is 11.9. The SMILES string of the molecule is CCCOc1ccc(C(=O)c2c(C)[nH]c(C(=O)OCC)c2C)cc1Br. The number of carbonyl (C=O) groups is 2. The van der Waals surface area contributed by atoms with Gasteiger partial charge in [-0.2, -0.15) is 0 Å². The summed E-state index contributed by atoms with van der Waals surface area (Å²) < 4.78 is 11.4. The van der Waals surface area contributed by atoms with E-state index in [1.165, 1.54) is 0 Å². The predicted molar refractivity (Wildman–Crippen MR) is 99.6 cm³/mol. The Hall–Kier alpha value is -2.08. The van der Waals surface area contributed by atoms with Gasteiger partial charge in [0.2, 0.25) is 0 Å². The number of nitrogens with one attached hydrogen (secondary N) is 1. The molecule has 0 aliphatic carbocycles. The van der Waals surface area contributed by atoms with Gasteiger partial charge in [-0.05, 0) is 66.9 Å². The molecule has 0 amide bonds. The van der Waals surface area contributed by atoms with Gasteiger partial charge in [0, 0.05) is 16.8 Å². The molecule has 0 saturated heterocycles. The van der Waals surface area contributed by atoms with E-state index in [1.54, 1.807) is 39.0 Å². The molecule has 0 bridgehead atoms. The summed E-state index contributed by atoms with van der Waals surface area (Å²) in [5.41, 5.74) is 2.59. The third-order valence-electron chi connectivity index (χ3n) is 3.80. The van der Waals surface area contributed by atoms with Crippen molar-refractivity contribution in [2.75, 3.05) is 13.2 Å². The average molecular weight is 408 g/mol. The van der Waals surface area contributed by atoms with Crippen LogP contribution in [0.2, 0.25) is 0 Å². The highest BCUT2D eigenvalue weighted by molar-refractivity contribution is 9.10. The Balaban J connectivity index is 2.35. The fourth-order valence-electron chi connectivity index (χ4n) is 2.61. The molecule has 0 unspecified atom stereocenters. The monoisotopic (exact) mass is 407 g/mol. The molecule has 5 nitrogen and oxygen atoms in total. The van der Waals surface area contributed by atoms with Crippen LogP contribution in [0.25, 0.3) is 0 Å². The molecule has 2 rings (SSSR count). The van der Waals surface area contributed by atoms with E-state index in [4.69, 9.17) is 9.47 Å². The van der Waals surface area contributed by atoms with Gasteiger partial charge in [-0.15, -0.1) is 0 Å². The van der Waals surface area contributed by atoms with Crippen LogP contribution >= 0.6 is 15.9 Å². The first kappa shape index (κ1) is 19.2. The summed E-state index contributed by atoms with van der Waals surface area (Å²) in [6.07, 6.45) is 0.908. The third-order valence-corrected chi connectivity index (χ3v) is 4.42. The maximum Gasteiger partial charge on any atom is 0.355 e. The molecule has 25 heavy (non-hydrogen) atoms. The lowest BCUT2D eigenvalue weighted by Crippen LogP contribution is -2.08. The van der Waals surface area contributed by atoms with E-state index >= 15 is 0 Å². The standard InChI is InChI=1S/C19H22BrNO4/c1-5-9-25-15-8-7-13(10-14(15)20)18(22)16-11(3)17(21-12(16)4)19(23)24-6-2/h7-8,10,21H,5-6,9H2,1-4H3. The number of ketones is 1. The van der Waals surface area contributed by atoms with Crippen molar-refractivity contribution in [1.29, 1.82) is 0 Å². The minimum Gasteiger partial charge on any atom is -0.492 e. The average Bonchev–Trinajstić information content (AvgIpc) is 2.88. The molecule has 0 aliphatic heterocycles. The lowest BCUT2D eigenvalue weighted by Gasteiger charge is -2.09. The molecule has 1 N–H and O–H groups in total. The Bertz CT molecular complexity index is 795. The van der Waals surface area contributed by atoms with Crippen molar-refractivity contribution >= 4 is 27.7 Å². The number of hydrogen-bond acceptors (Lipinski definition) is 4. The number of ether oxygens (including phenoxy) is 2. The van der Waals surface area contributed by atoms with Crippen LogP contribution in [0.5, 0.6) is 5.75 Å². The molecule has 6 heteroatoms. The second-order valence-electron chi connectivity index (χ2n) is 5.67. The Labute approximate surface area is 155 Å². The van der Waals surface area contributed by atoms with Gasteiger partial charge in [0.1, 0.15) is 11.4 Å². The number of esters is 1. The predicted octanol–water partition coefficient (Wildman–Crippen LogP) is 4.59. The second-order valence-corrected chi connectivity index (χ2v) is 6.52. The van der Waals surface area contributed by atoms with Crippen LogP contribution in [-0.2, 0) is 4.74 Å². The smallest absolute Gasteiger partial charge is 0.355 e. The van der Waals surface area contributed by atoms with E-state index in [0.29, 0.717) is 40.4 Å². The van der Waals surface area contributed by atoms with E-state index in [9.17, 15) is 9.59 Å². The van der Waals surface area contributed by atoms with Gasteiger partial charge in [0.15, 0.2) is 5.78 Å². The molecular weight excluding hydrogens is 386 g/mol. The van der Waals surface area contributed by atoms with Crippen LogP contribution in [0, 0.1) is 13.8 Å². The summed E-state index contributed by atoms with van der Waals surface area (Å²) in [5, 5.41) is 0. The van der Waals surface area contributed by atoms with Crippen molar-refractivity contribution in [3.8, 4) is 5.75 Å². The van der Waals surface area contributed by atoms with E-state index in [-0.39, 0.29) is 12.4 Å². The van der Waals surface area contributed by atoms with Crippen molar-refractivity contribution in [3.63, 3.8) is 0 Å². The van der Waals surface area contributed by atoms with Gasteiger partial charge in [0.25, 0.3) is 0 Å². The number of aryl methyl sites for hydroxylation is 1. The van der Waals surface area contributed by atoms with Crippen LogP contribution in [0.15, 0.2) is 22.7 Å². The Morgan fingerprint density at radius 2 is 1.92 bits per heavy atom. The molecule has 0 saturated carbocycles. The number of aromatic nitrogens is 1. The molecule has 1 heterocycles. The second kappa shape index (κ2) is 8.34. The van der Waals surface area contributed by atoms with Crippen molar-refractivity contribution in [3.05, 3.63) is 50.8 Å². The van der Waals surface area contributed by atoms with Gasteiger partial charge in [-0.25, -0.2) is 4.79 Å². The number of aromatic amines is 1. The quantitative estimate of drug-likeness (QED) is 0.538. The Morgan fingerprint density at radius 1 is 1.20 bits per heavy atom. The van der Waals surface area contributed by atoms with Crippen molar-refractivity contribution < 1.29 is 19.1 Å². The molecule has 0 aliphatic rings. The number of carbonyl (C=O) groups excluding carboxylic acids is 2. The molecular formula is C19H22BrNO4. The number of benzene rings is 1. The summed E-state index contributed by atoms with van der Waals surface area (Å²) in [6, 6.07) is 5.24. The van der Waals surface area contributed by atoms with E-state index < -0.39 is 5.97 Å². The number of H-pyrrole nitrogens is 1. The Morgan fingerprint density at radius 3 is 2.52 bits per heavy atom. The topological polar surface area (TPSA) is 68.4 Å². The van der Waals surface area contributed by atoms with E-state index in [2.05, 4.69) is 20.9 Å². The zero-order chi connectivity index (χ0) is 18.6. The molecule has 0 fully saturated rings. The third kappa shape index (κ3) is 4.12. The van der Waals surface area contributed by atoms with Gasteiger partial charge < -0.3 is 14.5 Å². The lowest BCUT2D eigenvalue weighted by atomic mass is 9.99. The summed E-state index contributed by atoms with van der Waals surface area (Å²) in [5.74, 6) is 0.101. The van der Waals surface area contributed by atoms with E-state index in [1.807, 2.05) is 6.92 Å². The van der Waals surface area contributed by atoms with Crippen molar-refractivity contribution in [2.24, 2.45) is 0 Å².